The standard InChI is InChI=1S/C12H22N4S/c1-4-7-14-12(13-3)15-8-6-10-9-17-11(5-2)16-10/h9H,4-8H2,1-3H3,(H2,13,14,15). The third-order valence-electron chi connectivity index (χ3n) is 2.34. The highest BCUT2D eigenvalue weighted by Crippen LogP contribution is 2.09. The second-order valence-corrected chi connectivity index (χ2v) is 4.70. The van der Waals surface area contributed by atoms with Gasteiger partial charge in [-0.15, -0.1) is 11.3 Å². The summed E-state index contributed by atoms with van der Waals surface area (Å²) in [7, 11) is 1.79. The van der Waals surface area contributed by atoms with Crippen LogP contribution < -0.4 is 10.6 Å². The zero-order valence-corrected chi connectivity index (χ0v) is 11.7. The van der Waals surface area contributed by atoms with E-state index in [2.05, 4.69) is 39.8 Å². The van der Waals surface area contributed by atoms with Gasteiger partial charge in [-0.25, -0.2) is 4.98 Å². The van der Waals surface area contributed by atoms with Crippen LogP contribution in [0.5, 0.6) is 0 Å². The highest BCUT2D eigenvalue weighted by molar-refractivity contribution is 7.09. The Hall–Kier alpha value is -1.10. The van der Waals surface area contributed by atoms with Gasteiger partial charge < -0.3 is 10.6 Å². The lowest BCUT2D eigenvalue weighted by Gasteiger charge is -2.10. The van der Waals surface area contributed by atoms with Crippen LogP contribution in [0.2, 0.25) is 0 Å². The van der Waals surface area contributed by atoms with E-state index in [1.807, 2.05) is 0 Å². The fraction of sp³-hybridized carbons (Fsp3) is 0.667. The maximum Gasteiger partial charge on any atom is 0.190 e. The van der Waals surface area contributed by atoms with E-state index in [0.717, 1.165) is 38.3 Å². The average Bonchev–Trinajstić information content (AvgIpc) is 2.81. The second-order valence-electron chi connectivity index (χ2n) is 3.76. The van der Waals surface area contributed by atoms with E-state index >= 15 is 0 Å². The maximum absolute atomic E-state index is 4.53. The first kappa shape index (κ1) is 14.0. The van der Waals surface area contributed by atoms with Crippen molar-refractivity contribution in [2.24, 2.45) is 4.99 Å². The van der Waals surface area contributed by atoms with Crippen LogP contribution in [0.1, 0.15) is 31.0 Å². The predicted octanol–water partition coefficient (Wildman–Crippen LogP) is 1.82. The van der Waals surface area contributed by atoms with Crippen molar-refractivity contribution in [2.45, 2.75) is 33.1 Å². The molecule has 0 amide bonds. The number of rotatable bonds is 6. The van der Waals surface area contributed by atoms with Gasteiger partial charge in [-0.3, -0.25) is 4.99 Å². The van der Waals surface area contributed by atoms with E-state index in [1.165, 1.54) is 10.7 Å². The highest BCUT2D eigenvalue weighted by Gasteiger charge is 2.01. The van der Waals surface area contributed by atoms with Gasteiger partial charge in [-0.1, -0.05) is 13.8 Å². The number of nitrogens with zero attached hydrogens (tertiary/aromatic N) is 2. The number of hydrogen-bond acceptors (Lipinski definition) is 3. The minimum atomic E-state index is 0.871. The fourth-order valence-corrected chi connectivity index (χ4v) is 2.18. The average molecular weight is 254 g/mol. The molecule has 1 rings (SSSR count). The van der Waals surface area contributed by atoms with E-state index in [0.29, 0.717) is 0 Å². The summed E-state index contributed by atoms with van der Waals surface area (Å²) in [6.45, 7) is 6.10. The molecule has 0 aliphatic carbocycles. The van der Waals surface area contributed by atoms with E-state index in [4.69, 9.17) is 0 Å². The van der Waals surface area contributed by atoms with Crippen molar-refractivity contribution in [1.82, 2.24) is 15.6 Å². The molecule has 0 atom stereocenters. The van der Waals surface area contributed by atoms with Crippen LogP contribution in [0.4, 0.5) is 0 Å². The lowest BCUT2D eigenvalue weighted by Crippen LogP contribution is -2.38. The molecule has 0 saturated carbocycles. The van der Waals surface area contributed by atoms with Crippen LogP contribution in [-0.2, 0) is 12.8 Å². The molecule has 2 N–H and O–H groups in total. The number of nitrogens with one attached hydrogen (secondary N) is 2. The Labute approximate surface area is 108 Å². The quantitative estimate of drug-likeness (QED) is 0.601. The largest absolute Gasteiger partial charge is 0.356 e. The van der Waals surface area contributed by atoms with Crippen molar-refractivity contribution in [3.05, 3.63) is 16.1 Å². The van der Waals surface area contributed by atoms with Crippen molar-refractivity contribution in [2.75, 3.05) is 20.1 Å². The first-order valence-corrected chi connectivity index (χ1v) is 7.05. The van der Waals surface area contributed by atoms with E-state index in [1.54, 1.807) is 18.4 Å². The molecule has 96 valence electrons. The zero-order valence-electron chi connectivity index (χ0n) is 10.9. The van der Waals surface area contributed by atoms with Crippen LogP contribution >= 0.6 is 11.3 Å². The number of hydrogen-bond donors (Lipinski definition) is 2. The summed E-state index contributed by atoms with van der Waals surface area (Å²) >= 11 is 1.74. The smallest absolute Gasteiger partial charge is 0.190 e. The topological polar surface area (TPSA) is 49.3 Å². The van der Waals surface area contributed by atoms with Gasteiger partial charge in [-0.2, -0.15) is 0 Å². The highest BCUT2D eigenvalue weighted by atomic mass is 32.1. The molecule has 0 spiro atoms. The number of aryl methyl sites for hydroxylation is 1. The third kappa shape index (κ3) is 5.17. The van der Waals surface area contributed by atoms with Gasteiger partial charge in [0.25, 0.3) is 0 Å². The Morgan fingerprint density at radius 1 is 1.35 bits per heavy atom. The summed E-state index contributed by atoms with van der Waals surface area (Å²) in [6, 6.07) is 0. The van der Waals surface area contributed by atoms with Crippen molar-refractivity contribution < 1.29 is 0 Å². The van der Waals surface area contributed by atoms with E-state index in [9.17, 15) is 0 Å². The SMILES string of the molecule is CCCNC(=NC)NCCc1csc(CC)n1. The Morgan fingerprint density at radius 2 is 2.12 bits per heavy atom. The molecule has 0 saturated heterocycles. The molecular weight excluding hydrogens is 232 g/mol. The van der Waals surface area contributed by atoms with E-state index in [-0.39, 0.29) is 0 Å². The van der Waals surface area contributed by atoms with Gasteiger partial charge in [-0.05, 0) is 12.8 Å². The Kier molecular flexibility index (Phi) is 6.62. The minimum absolute atomic E-state index is 0.871. The summed E-state index contributed by atoms with van der Waals surface area (Å²) in [6.07, 6.45) is 3.08. The Balaban J connectivity index is 2.26. The monoisotopic (exact) mass is 254 g/mol. The first-order chi connectivity index (χ1) is 8.30. The molecule has 1 aromatic rings. The van der Waals surface area contributed by atoms with Gasteiger partial charge in [0.05, 0.1) is 10.7 Å². The maximum atomic E-state index is 4.53. The molecule has 0 aromatic carbocycles. The number of aliphatic imine (C=N–C) groups is 1. The van der Waals surface area contributed by atoms with Crippen molar-refractivity contribution in [3.8, 4) is 0 Å². The molecule has 17 heavy (non-hydrogen) atoms. The zero-order chi connectivity index (χ0) is 12.5. The molecule has 4 nitrogen and oxygen atoms in total. The van der Waals surface area contributed by atoms with Gasteiger partial charge in [0.1, 0.15) is 0 Å². The summed E-state index contributed by atoms with van der Waals surface area (Å²) in [4.78, 5) is 8.69. The van der Waals surface area contributed by atoms with E-state index < -0.39 is 0 Å². The van der Waals surface area contributed by atoms with Crippen LogP contribution in [0.25, 0.3) is 0 Å². The molecule has 0 fully saturated rings. The second kappa shape index (κ2) is 8.06. The lowest BCUT2D eigenvalue weighted by atomic mass is 10.3. The molecule has 0 bridgehead atoms. The van der Waals surface area contributed by atoms with Crippen LogP contribution in [0, 0.1) is 0 Å². The summed E-state index contributed by atoms with van der Waals surface area (Å²) in [5.74, 6) is 0.873. The van der Waals surface area contributed by atoms with Crippen molar-refractivity contribution in [1.29, 1.82) is 0 Å². The molecule has 0 aliphatic heterocycles. The van der Waals surface area contributed by atoms with Gasteiger partial charge >= 0.3 is 0 Å². The van der Waals surface area contributed by atoms with Gasteiger partial charge in [0.2, 0.25) is 0 Å². The van der Waals surface area contributed by atoms with Gasteiger partial charge in [0.15, 0.2) is 5.96 Å². The van der Waals surface area contributed by atoms with Gasteiger partial charge in [0, 0.05) is 31.9 Å². The molecule has 1 heterocycles. The number of aromatic nitrogens is 1. The van der Waals surface area contributed by atoms with Crippen LogP contribution in [-0.4, -0.2) is 31.1 Å². The lowest BCUT2D eigenvalue weighted by molar-refractivity contribution is 0.767. The molecule has 0 radical (unpaired) electrons. The fourth-order valence-electron chi connectivity index (χ4n) is 1.40. The molecule has 1 aromatic heterocycles. The Bertz CT molecular complexity index is 346. The molecule has 0 aliphatic rings. The predicted molar refractivity (Wildman–Crippen MR) is 74.9 cm³/mol. The molecular formula is C12H22N4S. The summed E-state index contributed by atoms with van der Waals surface area (Å²) < 4.78 is 0. The number of guanidine groups is 1. The Morgan fingerprint density at radius 3 is 2.71 bits per heavy atom. The number of thiazole rings is 1. The first-order valence-electron chi connectivity index (χ1n) is 6.17. The summed E-state index contributed by atoms with van der Waals surface area (Å²) in [5.41, 5.74) is 1.17. The molecule has 5 heteroatoms. The minimum Gasteiger partial charge on any atom is -0.356 e. The van der Waals surface area contributed by atoms with Crippen LogP contribution in [0.3, 0.4) is 0 Å². The van der Waals surface area contributed by atoms with Crippen LogP contribution in [0.15, 0.2) is 10.4 Å². The molecule has 0 unspecified atom stereocenters. The summed E-state index contributed by atoms with van der Waals surface area (Å²) in [5, 5.41) is 9.88. The normalized spacial score (nSPS) is 11.6. The third-order valence-corrected chi connectivity index (χ3v) is 3.38. The van der Waals surface area contributed by atoms with Crippen molar-refractivity contribution in [3.63, 3.8) is 0 Å². The van der Waals surface area contributed by atoms with Crippen molar-refractivity contribution >= 4 is 17.3 Å².